The van der Waals surface area contributed by atoms with Crippen molar-refractivity contribution in [2.45, 2.75) is 27.2 Å². The van der Waals surface area contributed by atoms with Crippen LogP contribution in [0.3, 0.4) is 0 Å². The van der Waals surface area contributed by atoms with Crippen LogP contribution in [0.25, 0.3) is 0 Å². The smallest absolute Gasteiger partial charge is 0.244 e. The molecule has 0 spiro atoms. The Labute approximate surface area is 98.5 Å². The molecule has 0 radical (unpaired) electrons. The van der Waals surface area contributed by atoms with Gasteiger partial charge in [0.05, 0.1) is 6.61 Å². The van der Waals surface area contributed by atoms with Crippen molar-refractivity contribution in [2.24, 2.45) is 5.92 Å². The van der Waals surface area contributed by atoms with Crippen molar-refractivity contribution in [3.63, 3.8) is 0 Å². The van der Waals surface area contributed by atoms with Gasteiger partial charge in [0, 0.05) is 26.6 Å². The van der Waals surface area contributed by atoms with Crippen LogP contribution in [-0.2, 0) is 14.3 Å². The summed E-state index contributed by atoms with van der Waals surface area (Å²) in [5, 5.41) is 2.63. The van der Waals surface area contributed by atoms with Crippen molar-refractivity contribution in [3.8, 4) is 0 Å². The zero-order valence-electron chi connectivity index (χ0n) is 10.3. The van der Waals surface area contributed by atoms with E-state index in [-0.39, 0.29) is 19.0 Å². The normalized spacial score (nSPS) is 11.0. The van der Waals surface area contributed by atoms with Gasteiger partial charge in [0.2, 0.25) is 5.91 Å². The molecule has 1 N–H and O–H groups in total. The Morgan fingerprint density at radius 1 is 1.31 bits per heavy atom. The van der Waals surface area contributed by atoms with E-state index in [1.165, 1.54) is 12.2 Å². The molecule has 0 aromatic rings. The van der Waals surface area contributed by atoms with Crippen LogP contribution in [0.4, 0.5) is 0 Å². The van der Waals surface area contributed by atoms with Gasteiger partial charge in [-0.15, -0.1) is 0 Å². The highest BCUT2D eigenvalue weighted by molar-refractivity contribution is 5.98. The molecule has 4 heteroatoms. The van der Waals surface area contributed by atoms with Crippen molar-refractivity contribution in [1.82, 2.24) is 5.32 Å². The maximum absolute atomic E-state index is 11.2. The maximum atomic E-state index is 11.2. The monoisotopic (exact) mass is 229 g/mol. The number of ketones is 1. The van der Waals surface area contributed by atoms with Crippen LogP contribution >= 0.6 is 0 Å². The standard InChI is InChI=1S/C12H21NO3.H2/c1-4-8-16-9-7-13-12(15)6-5-11(14)10(2)3;/h5-6,10H,4,7-9H2,1-3H3,(H,13,15);1H/b6-5-;. The molecule has 0 rings (SSSR count). The zero-order chi connectivity index (χ0) is 12.4. The third-order valence-corrected chi connectivity index (χ3v) is 1.86. The number of hydrogen-bond donors (Lipinski definition) is 1. The lowest BCUT2D eigenvalue weighted by atomic mass is 10.1. The lowest BCUT2D eigenvalue weighted by Crippen LogP contribution is -2.25. The van der Waals surface area contributed by atoms with E-state index in [1.54, 1.807) is 13.8 Å². The van der Waals surface area contributed by atoms with Gasteiger partial charge in [-0.1, -0.05) is 20.8 Å². The molecule has 0 aromatic heterocycles. The van der Waals surface area contributed by atoms with E-state index < -0.39 is 0 Å². The third-order valence-electron chi connectivity index (χ3n) is 1.86. The fourth-order valence-corrected chi connectivity index (χ4v) is 0.902. The van der Waals surface area contributed by atoms with Crippen molar-refractivity contribution in [2.75, 3.05) is 19.8 Å². The number of amides is 1. The van der Waals surface area contributed by atoms with Gasteiger partial charge in [0.25, 0.3) is 0 Å². The molecule has 0 aliphatic carbocycles. The first-order valence-electron chi connectivity index (χ1n) is 5.65. The second kappa shape index (κ2) is 9.09. The first-order valence-corrected chi connectivity index (χ1v) is 5.65. The van der Waals surface area contributed by atoms with Crippen molar-refractivity contribution < 1.29 is 15.8 Å². The average Bonchev–Trinajstić information content (AvgIpc) is 2.25. The summed E-state index contributed by atoms with van der Waals surface area (Å²) < 4.78 is 5.19. The average molecular weight is 229 g/mol. The Kier molecular flexibility index (Phi) is 8.43. The Bertz CT molecular complexity index is 252. The molecule has 0 aliphatic rings. The van der Waals surface area contributed by atoms with E-state index in [2.05, 4.69) is 5.32 Å². The largest absolute Gasteiger partial charge is 0.380 e. The van der Waals surface area contributed by atoms with Crippen LogP contribution in [-0.4, -0.2) is 31.4 Å². The predicted molar refractivity (Wildman–Crippen MR) is 65.2 cm³/mol. The molecule has 0 aromatic carbocycles. The molecule has 1 amide bonds. The van der Waals surface area contributed by atoms with Gasteiger partial charge in [-0.2, -0.15) is 0 Å². The van der Waals surface area contributed by atoms with Crippen molar-refractivity contribution in [3.05, 3.63) is 12.2 Å². The molecule has 0 heterocycles. The fourth-order valence-electron chi connectivity index (χ4n) is 0.902. The van der Waals surface area contributed by atoms with Gasteiger partial charge < -0.3 is 10.1 Å². The molecular weight excluding hydrogens is 206 g/mol. The van der Waals surface area contributed by atoms with Gasteiger partial charge in [-0.3, -0.25) is 9.59 Å². The van der Waals surface area contributed by atoms with Crippen LogP contribution in [0, 0.1) is 5.92 Å². The zero-order valence-corrected chi connectivity index (χ0v) is 10.3. The van der Waals surface area contributed by atoms with Gasteiger partial charge >= 0.3 is 0 Å². The van der Waals surface area contributed by atoms with Crippen molar-refractivity contribution in [1.29, 1.82) is 0 Å². The predicted octanol–water partition coefficient (Wildman–Crippen LogP) is 1.56. The number of carbonyl (C=O) groups is 2. The fraction of sp³-hybridized carbons (Fsp3) is 0.667. The summed E-state index contributed by atoms with van der Waals surface area (Å²) >= 11 is 0. The number of allylic oxidation sites excluding steroid dienone is 1. The topological polar surface area (TPSA) is 55.4 Å². The van der Waals surface area contributed by atoms with Crippen LogP contribution in [0.2, 0.25) is 0 Å². The molecule has 0 saturated carbocycles. The molecule has 0 saturated heterocycles. The SMILES string of the molecule is CCCOCCNC(=O)/C=C\C(=O)C(C)C.[HH]. The van der Waals surface area contributed by atoms with Gasteiger partial charge in [0.15, 0.2) is 5.78 Å². The molecule has 0 fully saturated rings. The van der Waals surface area contributed by atoms with Crippen molar-refractivity contribution >= 4 is 11.7 Å². The minimum Gasteiger partial charge on any atom is -0.380 e. The second-order valence-corrected chi connectivity index (χ2v) is 3.79. The van der Waals surface area contributed by atoms with Crippen LogP contribution < -0.4 is 5.32 Å². The summed E-state index contributed by atoms with van der Waals surface area (Å²) in [6.45, 7) is 7.30. The summed E-state index contributed by atoms with van der Waals surface area (Å²) in [7, 11) is 0. The Morgan fingerprint density at radius 2 is 2.00 bits per heavy atom. The lowest BCUT2D eigenvalue weighted by Gasteiger charge is -2.03. The maximum Gasteiger partial charge on any atom is 0.244 e. The third kappa shape index (κ3) is 8.17. The molecule has 4 nitrogen and oxygen atoms in total. The second-order valence-electron chi connectivity index (χ2n) is 3.79. The summed E-state index contributed by atoms with van der Waals surface area (Å²) in [6.07, 6.45) is 3.55. The molecule has 0 bridgehead atoms. The first kappa shape index (κ1) is 14.8. The van der Waals surface area contributed by atoms with Gasteiger partial charge in [0.1, 0.15) is 0 Å². The minimum absolute atomic E-state index is 0. The van der Waals surface area contributed by atoms with Gasteiger partial charge in [-0.05, 0) is 12.5 Å². The molecule has 16 heavy (non-hydrogen) atoms. The Hall–Kier alpha value is -1.16. The molecule has 94 valence electrons. The highest BCUT2D eigenvalue weighted by Gasteiger charge is 2.02. The Balaban J connectivity index is 0. The highest BCUT2D eigenvalue weighted by Crippen LogP contribution is 1.94. The number of carbonyl (C=O) groups excluding carboxylic acids is 2. The van der Waals surface area contributed by atoms with Crippen LogP contribution in [0.15, 0.2) is 12.2 Å². The molecule has 0 atom stereocenters. The van der Waals surface area contributed by atoms with E-state index in [4.69, 9.17) is 4.74 Å². The number of hydrogen-bond acceptors (Lipinski definition) is 3. The quantitative estimate of drug-likeness (QED) is 0.507. The summed E-state index contributed by atoms with van der Waals surface area (Å²) in [6, 6.07) is 0. The highest BCUT2D eigenvalue weighted by atomic mass is 16.5. The number of ether oxygens (including phenoxy) is 1. The molecule has 0 unspecified atom stereocenters. The summed E-state index contributed by atoms with van der Waals surface area (Å²) in [4.78, 5) is 22.4. The van der Waals surface area contributed by atoms with Gasteiger partial charge in [-0.25, -0.2) is 0 Å². The van der Waals surface area contributed by atoms with Crippen LogP contribution in [0.1, 0.15) is 28.6 Å². The first-order chi connectivity index (χ1) is 7.57. The molecule has 0 aliphatic heterocycles. The number of nitrogens with one attached hydrogen (secondary N) is 1. The van der Waals surface area contributed by atoms with E-state index in [0.29, 0.717) is 19.8 Å². The Morgan fingerprint density at radius 3 is 2.56 bits per heavy atom. The summed E-state index contributed by atoms with van der Waals surface area (Å²) in [5.41, 5.74) is 0. The van der Waals surface area contributed by atoms with Crippen LogP contribution in [0.5, 0.6) is 0 Å². The van der Waals surface area contributed by atoms with E-state index in [0.717, 1.165) is 6.42 Å². The lowest BCUT2D eigenvalue weighted by molar-refractivity contribution is -0.119. The molecular formula is C12H23NO3. The number of rotatable bonds is 8. The summed E-state index contributed by atoms with van der Waals surface area (Å²) in [5.74, 6) is -0.372. The van der Waals surface area contributed by atoms with E-state index >= 15 is 0 Å². The van der Waals surface area contributed by atoms with E-state index in [9.17, 15) is 9.59 Å². The minimum atomic E-state index is -0.255. The van der Waals surface area contributed by atoms with E-state index in [1.807, 2.05) is 6.92 Å².